The van der Waals surface area contributed by atoms with Gasteiger partial charge in [-0.1, -0.05) is 26.0 Å². The zero-order valence-corrected chi connectivity index (χ0v) is 14.0. The average molecular weight is 346 g/mol. The summed E-state index contributed by atoms with van der Waals surface area (Å²) in [6.07, 6.45) is -4.30. The fourth-order valence-electron chi connectivity index (χ4n) is 2.21. The van der Waals surface area contributed by atoms with Crippen LogP contribution in [0.1, 0.15) is 31.4 Å². The van der Waals surface area contributed by atoms with E-state index in [9.17, 15) is 22.8 Å². The first kappa shape index (κ1) is 19.8. The second-order valence-corrected chi connectivity index (χ2v) is 5.80. The number of benzene rings is 1. The number of hydrogen-bond acceptors (Lipinski definition) is 3. The molecule has 0 aliphatic rings. The van der Waals surface area contributed by atoms with Gasteiger partial charge in [-0.25, -0.2) is 9.59 Å². The molecule has 0 aliphatic carbocycles. The lowest BCUT2D eigenvalue weighted by Gasteiger charge is -2.20. The largest absolute Gasteiger partial charge is 0.467 e. The van der Waals surface area contributed by atoms with E-state index in [2.05, 4.69) is 15.4 Å². The van der Waals surface area contributed by atoms with Crippen molar-refractivity contribution in [3.8, 4) is 0 Å². The number of hydrogen-bond donors (Lipinski definition) is 2. The van der Waals surface area contributed by atoms with Crippen LogP contribution >= 0.6 is 0 Å². The second kappa shape index (κ2) is 8.03. The molecule has 0 saturated carbocycles. The molecule has 2 amide bonds. The summed E-state index contributed by atoms with van der Waals surface area (Å²) >= 11 is 0. The van der Waals surface area contributed by atoms with Crippen LogP contribution in [0.25, 0.3) is 0 Å². The molecule has 1 aromatic rings. The van der Waals surface area contributed by atoms with Crippen LogP contribution in [-0.4, -0.2) is 25.2 Å². The molecule has 0 spiro atoms. The molecule has 8 heteroatoms. The van der Waals surface area contributed by atoms with Crippen LogP contribution in [0.4, 0.5) is 23.7 Å². The number of anilines is 1. The maximum atomic E-state index is 13.1. The summed E-state index contributed by atoms with van der Waals surface area (Å²) in [4.78, 5) is 23.7. The third-order valence-corrected chi connectivity index (χ3v) is 3.31. The topological polar surface area (TPSA) is 67.4 Å². The molecule has 1 aromatic carbocycles. The lowest BCUT2D eigenvalue weighted by molar-refractivity contribution is -0.143. The predicted molar refractivity (Wildman–Crippen MR) is 83.6 cm³/mol. The third kappa shape index (κ3) is 5.43. The van der Waals surface area contributed by atoms with Gasteiger partial charge in [-0.15, -0.1) is 0 Å². The Morgan fingerprint density at radius 1 is 1.25 bits per heavy atom. The minimum atomic E-state index is -4.60. The fourth-order valence-corrected chi connectivity index (χ4v) is 2.21. The van der Waals surface area contributed by atoms with Gasteiger partial charge in [0.1, 0.15) is 6.04 Å². The number of aryl methyl sites for hydroxylation is 1. The summed E-state index contributed by atoms with van der Waals surface area (Å²) in [5, 5.41) is 4.55. The number of esters is 1. The van der Waals surface area contributed by atoms with E-state index in [4.69, 9.17) is 0 Å². The van der Waals surface area contributed by atoms with Crippen molar-refractivity contribution in [2.75, 3.05) is 12.4 Å². The van der Waals surface area contributed by atoms with Crippen molar-refractivity contribution >= 4 is 17.7 Å². The quantitative estimate of drug-likeness (QED) is 0.799. The van der Waals surface area contributed by atoms with Gasteiger partial charge in [-0.3, -0.25) is 0 Å². The monoisotopic (exact) mass is 346 g/mol. The van der Waals surface area contributed by atoms with Crippen LogP contribution in [0.3, 0.4) is 0 Å². The van der Waals surface area contributed by atoms with Crippen LogP contribution in [-0.2, 0) is 15.7 Å². The van der Waals surface area contributed by atoms with Crippen LogP contribution < -0.4 is 10.6 Å². The second-order valence-electron chi connectivity index (χ2n) is 5.80. The van der Waals surface area contributed by atoms with E-state index < -0.39 is 29.8 Å². The maximum Gasteiger partial charge on any atom is 0.418 e. The van der Waals surface area contributed by atoms with Gasteiger partial charge in [0.15, 0.2) is 0 Å². The third-order valence-electron chi connectivity index (χ3n) is 3.31. The number of carbonyl (C=O) groups excluding carboxylic acids is 2. The van der Waals surface area contributed by atoms with Crippen molar-refractivity contribution in [3.63, 3.8) is 0 Å². The Hall–Kier alpha value is -2.25. The van der Waals surface area contributed by atoms with Gasteiger partial charge in [0, 0.05) is 0 Å². The number of carbonyl (C=O) groups is 2. The Balaban J connectivity index is 2.97. The van der Waals surface area contributed by atoms with Crippen LogP contribution in [0.2, 0.25) is 0 Å². The molecule has 2 N–H and O–H groups in total. The molecule has 24 heavy (non-hydrogen) atoms. The van der Waals surface area contributed by atoms with E-state index in [0.717, 1.165) is 6.07 Å². The Labute approximate surface area is 138 Å². The first-order valence-electron chi connectivity index (χ1n) is 7.38. The zero-order chi connectivity index (χ0) is 18.5. The minimum absolute atomic E-state index is 0.0820. The number of nitrogens with one attached hydrogen (secondary N) is 2. The van der Waals surface area contributed by atoms with Crippen molar-refractivity contribution in [1.29, 1.82) is 0 Å². The van der Waals surface area contributed by atoms with Crippen LogP contribution in [0, 0.1) is 12.8 Å². The van der Waals surface area contributed by atoms with E-state index in [1.807, 2.05) is 13.8 Å². The van der Waals surface area contributed by atoms with Gasteiger partial charge in [0.2, 0.25) is 0 Å². The molecule has 0 heterocycles. The Morgan fingerprint density at radius 3 is 2.38 bits per heavy atom. The number of amides is 2. The molecule has 0 saturated heterocycles. The summed E-state index contributed by atoms with van der Waals surface area (Å²) in [5.74, 6) is -0.571. The lowest BCUT2D eigenvalue weighted by Crippen LogP contribution is -2.44. The van der Waals surface area contributed by atoms with Crippen LogP contribution in [0.5, 0.6) is 0 Å². The van der Waals surface area contributed by atoms with Crippen molar-refractivity contribution in [1.82, 2.24) is 5.32 Å². The molecule has 0 fully saturated rings. The molecule has 0 aromatic heterocycles. The molecule has 134 valence electrons. The van der Waals surface area contributed by atoms with Gasteiger partial charge in [-0.2, -0.15) is 13.2 Å². The SMILES string of the molecule is COC(=O)[C@H](CC(C)C)NC(=O)Nc1c(C)cccc1C(F)(F)F. The van der Waals surface area contributed by atoms with Gasteiger partial charge in [0.05, 0.1) is 18.4 Å². The average Bonchev–Trinajstić information content (AvgIpc) is 2.46. The van der Waals surface area contributed by atoms with Crippen LogP contribution in [0.15, 0.2) is 18.2 Å². The van der Waals surface area contributed by atoms with E-state index in [1.54, 1.807) is 0 Å². The molecule has 1 atom stereocenters. The number of urea groups is 1. The zero-order valence-electron chi connectivity index (χ0n) is 14.0. The molecular formula is C16H21F3N2O3. The Bertz CT molecular complexity index is 601. The summed E-state index contributed by atoms with van der Waals surface area (Å²) in [6.45, 7) is 5.15. The van der Waals surface area contributed by atoms with Gasteiger partial charge in [0.25, 0.3) is 0 Å². The first-order valence-corrected chi connectivity index (χ1v) is 7.38. The fraction of sp³-hybridized carbons (Fsp3) is 0.500. The number of halogens is 3. The van der Waals surface area contributed by atoms with E-state index in [-0.39, 0.29) is 17.2 Å². The van der Waals surface area contributed by atoms with E-state index >= 15 is 0 Å². The van der Waals surface area contributed by atoms with Crippen molar-refractivity contribution < 1.29 is 27.5 Å². The number of methoxy groups -OCH3 is 1. The molecule has 0 aliphatic heterocycles. The summed E-state index contributed by atoms with van der Waals surface area (Å²) in [5.41, 5.74) is -1.02. The maximum absolute atomic E-state index is 13.1. The first-order chi connectivity index (χ1) is 11.1. The van der Waals surface area contributed by atoms with Gasteiger partial charge in [-0.05, 0) is 30.9 Å². The highest BCUT2D eigenvalue weighted by molar-refractivity contribution is 5.94. The standard InChI is InChI=1S/C16H21F3N2O3/c1-9(2)8-12(14(22)24-4)20-15(23)21-13-10(3)6-5-7-11(13)16(17,18)19/h5-7,9,12H,8H2,1-4H3,(H2,20,21,23)/t12-/m0/s1. The number of alkyl halides is 3. The van der Waals surface area contributed by atoms with Crippen molar-refractivity contribution in [3.05, 3.63) is 29.3 Å². The predicted octanol–water partition coefficient (Wildman–Crippen LogP) is 3.72. The highest BCUT2D eigenvalue weighted by Crippen LogP contribution is 2.36. The normalized spacial score (nSPS) is 12.7. The lowest BCUT2D eigenvalue weighted by atomic mass is 10.0. The molecule has 5 nitrogen and oxygen atoms in total. The smallest absolute Gasteiger partial charge is 0.418 e. The molecule has 0 radical (unpaired) electrons. The summed E-state index contributed by atoms with van der Waals surface area (Å²) in [7, 11) is 1.18. The molecule has 0 bridgehead atoms. The van der Waals surface area contributed by atoms with E-state index in [0.29, 0.717) is 6.42 Å². The molecule has 0 unspecified atom stereocenters. The summed E-state index contributed by atoms with van der Waals surface area (Å²) < 4.78 is 43.8. The Kier molecular flexibility index (Phi) is 6.62. The van der Waals surface area contributed by atoms with Gasteiger partial charge < -0.3 is 15.4 Å². The highest BCUT2D eigenvalue weighted by atomic mass is 19.4. The van der Waals surface area contributed by atoms with Crippen molar-refractivity contribution in [2.45, 2.75) is 39.4 Å². The van der Waals surface area contributed by atoms with E-state index in [1.165, 1.54) is 26.2 Å². The van der Waals surface area contributed by atoms with Gasteiger partial charge >= 0.3 is 18.2 Å². The number of ether oxygens (including phenoxy) is 1. The number of para-hydroxylation sites is 1. The molecule has 1 rings (SSSR count). The highest BCUT2D eigenvalue weighted by Gasteiger charge is 2.34. The van der Waals surface area contributed by atoms with Crippen molar-refractivity contribution in [2.24, 2.45) is 5.92 Å². The summed E-state index contributed by atoms with van der Waals surface area (Å²) in [6, 6.07) is 1.77. The number of rotatable bonds is 5. The minimum Gasteiger partial charge on any atom is -0.467 e. The Morgan fingerprint density at radius 2 is 1.88 bits per heavy atom. The molecular weight excluding hydrogens is 325 g/mol.